The van der Waals surface area contributed by atoms with Crippen LogP contribution in [0.4, 0.5) is 17.1 Å². The fourth-order valence-electron chi connectivity index (χ4n) is 2.68. The Labute approximate surface area is 173 Å². The first-order chi connectivity index (χ1) is 14.3. The fourth-order valence-corrected chi connectivity index (χ4v) is 3.84. The Morgan fingerprint density at radius 2 is 1.87 bits per heavy atom. The molecule has 0 amide bonds. The topological polar surface area (TPSA) is 127 Å². The van der Waals surface area contributed by atoms with Gasteiger partial charge >= 0.3 is 0 Å². The second-order valence-corrected chi connectivity index (χ2v) is 8.20. The molecule has 0 aliphatic heterocycles. The lowest BCUT2D eigenvalue weighted by molar-refractivity contribution is -0.384. The van der Waals surface area contributed by atoms with Crippen molar-refractivity contribution in [2.75, 3.05) is 10.1 Å². The first kappa shape index (κ1) is 20.9. The van der Waals surface area contributed by atoms with E-state index in [-0.39, 0.29) is 10.6 Å². The number of sulfonamides is 1. The van der Waals surface area contributed by atoms with E-state index in [1.165, 1.54) is 18.3 Å². The number of rotatable bonds is 7. The summed E-state index contributed by atoms with van der Waals surface area (Å²) >= 11 is 0. The van der Waals surface area contributed by atoms with Gasteiger partial charge in [0, 0.05) is 24.0 Å². The van der Waals surface area contributed by atoms with Crippen molar-refractivity contribution >= 4 is 33.3 Å². The van der Waals surface area contributed by atoms with Gasteiger partial charge in [0.25, 0.3) is 15.7 Å². The molecule has 0 aliphatic rings. The summed E-state index contributed by atoms with van der Waals surface area (Å²) < 4.78 is 27.9. The van der Waals surface area contributed by atoms with Crippen LogP contribution in [-0.2, 0) is 10.0 Å². The molecular weight excluding hydrogens is 406 g/mol. The second kappa shape index (κ2) is 8.70. The van der Waals surface area contributed by atoms with Gasteiger partial charge in [0.1, 0.15) is 5.69 Å². The highest BCUT2D eigenvalue weighted by atomic mass is 32.2. The third-order valence-electron chi connectivity index (χ3n) is 4.19. The fraction of sp³-hybridized carbons (Fsp3) is 0.100. The Morgan fingerprint density at radius 3 is 2.53 bits per heavy atom. The molecule has 0 spiro atoms. The zero-order valence-electron chi connectivity index (χ0n) is 16.2. The number of anilines is 2. The number of pyridine rings is 1. The first-order valence-corrected chi connectivity index (χ1v) is 10.3. The van der Waals surface area contributed by atoms with Gasteiger partial charge < -0.3 is 0 Å². The van der Waals surface area contributed by atoms with E-state index in [1.807, 2.05) is 13.0 Å². The van der Waals surface area contributed by atoms with Crippen molar-refractivity contribution in [3.8, 4) is 0 Å². The lowest BCUT2D eigenvalue weighted by Gasteiger charge is -2.12. The summed E-state index contributed by atoms with van der Waals surface area (Å²) in [4.78, 5) is 14.5. The van der Waals surface area contributed by atoms with E-state index >= 15 is 0 Å². The molecular formula is C20H19N5O4S. The highest BCUT2D eigenvalue weighted by Gasteiger charge is 2.22. The number of hydrogen-bond donors (Lipinski definition) is 2. The largest absolute Gasteiger partial charge is 0.295 e. The van der Waals surface area contributed by atoms with Gasteiger partial charge in [0.2, 0.25) is 0 Å². The van der Waals surface area contributed by atoms with E-state index in [0.29, 0.717) is 11.3 Å². The average molecular weight is 425 g/mol. The lowest BCUT2D eigenvalue weighted by Crippen LogP contribution is -2.14. The van der Waals surface area contributed by atoms with E-state index in [2.05, 4.69) is 20.2 Å². The van der Waals surface area contributed by atoms with Crippen molar-refractivity contribution in [3.05, 3.63) is 87.7 Å². The third kappa shape index (κ3) is 4.97. The molecule has 3 rings (SSSR count). The van der Waals surface area contributed by atoms with Crippen LogP contribution in [0.3, 0.4) is 0 Å². The molecule has 1 aromatic heterocycles. The molecule has 9 nitrogen and oxygen atoms in total. The van der Waals surface area contributed by atoms with Gasteiger partial charge in [-0.25, -0.2) is 8.42 Å². The van der Waals surface area contributed by atoms with Crippen LogP contribution >= 0.6 is 0 Å². The lowest BCUT2D eigenvalue weighted by atomic mass is 10.1. The smallest absolute Gasteiger partial charge is 0.279 e. The molecule has 0 bridgehead atoms. The van der Waals surface area contributed by atoms with Crippen LogP contribution in [0.2, 0.25) is 0 Å². The molecule has 0 fully saturated rings. The quantitative estimate of drug-likeness (QED) is 0.336. The predicted octanol–water partition coefficient (Wildman–Crippen LogP) is 3.85. The summed E-state index contributed by atoms with van der Waals surface area (Å²) in [6.07, 6.45) is 4.64. The number of hydrazone groups is 1. The Bertz CT molecular complexity index is 1210. The molecule has 1 heterocycles. The van der Waals surface area contributed by atoms with Crippen LogP contribution in [0.5, 0.6) is 0 Å². The maximum atomic E-state index is 12.7. The highest BCUT2D eigenvalue weighted by Crippen LogP contribution is 2.29. The average Bonchev–Trinajstić information content (AvgIpc) is 2.71. The summed E-state index contributed by atoms with van der Waals surface area (Å²) in [6, 6.07) is 12.3. The van der Waals surface area contributed by atoms with E-state index in [9.17, 15) is 18.5 Å². The second-order valence-electron chi connectivity index (χ2n) is 6.52. The Kier molecular flexibility index (Phi) is 6.07. The van der Waals surface area contributed by atoms with Crippen molar-refractivity contribution in [2.45, 2.75) is 18.7 Å². The summed E-state index contributed by atoms with van der Waals surface area (Å²) in [7, 11) is -4.01. The summed E-state index contributed by atoms with van der Waals surface area (Å²) in [6.45, 7) is 3.68. The van der Waals surface area contributed by atoms with Crippen LogP contribution < -0.4 is 10.1 Å². The van der Waals surface area contributed by atoms with Crippen LogP contribution in [0.15, 0.2) is 70.9 Å². The SMILES string of the molecule is Cc1ccc(NS(=O)(=O)c2ccc(N/N=C\c3cccnc3)c([N+](=O)[O-])c2)c(C)c1. The van der Waals surface area contributed by atoms with Crippen LogP contribution in [0, 0.1) is 24.0 Å². The molecule has 30 heavy (non-hydrogen) atoms. The van der Waals surface area contributed by atoms with Gasteiger partial charge in [-0.2, -0.15) is 5.10 Å². The Morgan fingerprint density at radius 1 is 1.10 bits per heavy atom. The standard InChI is InChI=1S/C20H19N5O4S/c1-14-5-7-18(15(2)10-14)24-30(28,29)17-6-8-19(20(11-17)25(26)27)23-22-13-16-4-3-9-21-12-16/h3-13,23-24H,1-2H3/b22-13-. The van der Waals surface area contributed by atoms with Crippen molar-refractivity contribution in [1.82, 2.24) is 4.98 Å². The molecule has 0 saturated heterocycles. The minimum atomic E-state index is -4.01. The number of benzene rings is 2. The minimum absolute atomic E-state index is 0.0607. The normalized spacial score (nSPS) is 11.4. The number of nitrogens with one attached hydrogen (secondary N) is 2. The van der Waals surface area contributed by atoms with Crippen LogP contribution in [0.25, 0.3) is 0 Å². The zero-order valence-corrected chi connectivity index (χ0v) is 17.1. The van der Waals surface area contributed by atoms with Crippen molar-refractivity contribution in [2.24, 2.45) is 5.10 Å². The molecule has 0 unspecified atom stereocenters. The third-order valence-corrected chi connectivity index (χ3v) is 5.55. The molecule has 2 aromatic carbocycles. The molecule has 2 N–H and O–H groups in total. The molecule has 0 atom stereocenters. The van der Waals surface area contributed by atoms with E-state index in [1.54, 1.807) is 43.6 Å². The van der Waals surface area contributed by atoms with Crippen LogP contribution in [-0.4, -0.2) is 24.5 Å². The van der Waals surface area contributed by atoms with Gasteiger partial charge in [-0.05, 0) is 43.7 Å². The molecule has 0 aliphatic carbocycles. The minimum Gasteiger partial charge on any atom is -0.279 e. The van der Waals surface area contributed by atoms with E-state index < -0.39 is 20.6 Å². The number of nitro groups is 1. The first-order valence-electron chi connectivity index (χ1n) is 8.84. The Hall–Kier alpha value is -3.79. The van der Waals surface area contributed by atoms with Crippen molar-refractivity contribution in [3.63, 3.8) is 0 Å². The molecule has 154 valence electrons. The molecule has 0 radical (unpaired) electrons. The van der Waals surface area contributed by atoms with Gasteiger partial charge in [-0.15, -0.1) is 0 Å². The van der Waals surface area contributed by atoms with Crippen molar-refractivity contribution < 1.29 is 13.3 Å². The van der Waals surface area contributed by atoms with E-state index in [4.69, 9.17) is 0 Å². The molecule has 3 aromatic rings. The Balaban J connectivity index is 1.86. The number of nitro benzene ring substituents is 1. The van der Waals surface area contributed by atoms with Crippen molar-refractivity contribution in [1.29, 1.82) is 0 Å². The van der Waals surface area contributed by atoms with Gasteiger partial charge in [-0.1, -0.05) is 23.8 Å². The summed E-state index contributed by atoms with van der Waals surface area (Å²) in [5.41, 5.74) is 5.07. The number of hydrogen-bond acceptors (Lipinski definition) is 7. The monoisotopic (exact) mass is 425 g/mol. The van der Waals surface area contributed by atoms with Gasteiger partial charge in [-0.3, -0.25) is 25.2 Å². The number of nitrogens with zero attached hydrogens (tertiary/aromatic N) is 3. The molecule has 10 heteroatoms. The number of aromatic nitrogens is 1. The van der Waals surface area contributed by atoms with Crippen LogP contribution in [0.1, 0.15) is 16.7 Å². The summed E-state index contributed by atoms with van der Waals surface area (Å²) in [5.74, 6) is 0. The van der Waals surface area contributed by atoms with Gasteiger partial charge in [0.15, 0.2) is 0 Å². The number of aryl methyl sites for hydroxylation is 2. The maximum Gasteiger partial charge on any atom is 0.295 e. The summed E-state index contributed by atoms with van der Waals surface area (Å²) in [5, 5.41) is 15.4. The van der Waals surface area contributed by atoms with Gasteiger partial charge in [0.05, 0.1) is 21.7 Å². The maximum absolute atomic E-state index is 12.7. The zero-order chi connectivity index (χ0) is 21.7. The highest BCUT2D eigenvalue weighted by molar-refractivity contribution is 7.92. The molecule has 0 saturated carbocycles. The van der Waals surface area contributed by atoms with E-state index in [0.717, 1.165) is 17.2 Å². The predicted molar refractivity (Wildman–Crippen MR) is 115 cm³/mol.